The van der Waals surface area contributed by atoms with Gasteiger partial charge in [-0.2, -0.15) is 0 Å². The van der Waals surface area contributed by atoms with Gasteiger partial charge in [-0.25, -0.2) is 9.59 Å². The van der Waals surface area contributed by atoms with Crippen LogP contribution in [0.5, 0.6) is 0 Å². The first kappa shape index (κ1) is 14.8. The van der Waals surface area contributed by atoms with Gasteiger partial charge < -0.3 is 21.5 Å². The molecule has 112 valence electrons. The van der Waals surface area contributed by atoms with E-state index in [1.54, 1.807) is 0 Å². The molecule has 0 radical (unpaired) electrons. The molecule has 0 saturated heterocycles. The number of aliphatic carboxylic acids is 1. The molecule has 3 amide bonds. The Kier molecular flexibility index (Phi) is 4.11. The van der Waals surface area contributed by atoms with Gasteiger partial charge in [0.25, 0.3) is 5.91 Å². The number of primary amides is 1. The minimum absolute atomic E-state index is 0.331. The second-order valence-electron chi connectivity index (χ2n) is 5.12. The van der Waals surface area contributed by atoms with Crippen molar-refractivity contribution in [2.45, 2.75) is 31.2 Å². The van der Waals surface area contributed by atoms with Crippen molar-refractivity contribution in [2.75, 3.05) is 5.32 Å². The summed E-state index contributed by atoms with van der Waals surface area (Å²) >= 11 is 0. The van der Waals surface area contributed by atoms with E-state index in [0.29, 0.717) is 24.1 Å². The van der Waals surface area contributed by atoms with Crippen LogP contribution in [0, 0.1) is 0 Å². The largest absolute Gasteiger partial charge is 0.480 e. The summed E-state index contributed by atoms with van der Waals surface area (Å²) in [4.78, 5) is 34.2. The summed E-state index contributed by atoms with van der Waals surface area (Å²) < 4.78 is 0. The van der Waals surface area contributed by atoms with E-state index in [0.717, 1.165) is 12.8 Å². The van der Waals surface area contributed by atoms with Gasteiger partial charge in [-0.3, -0.25) is 4.79 Å². The fourth-order valence-corrected chi connectivity index (χ4v) is 2.51. The van der Waals surface area contributed by atoms with Crippen LogP contribution in [0.25, 0.3) is 0 Å². The standard InChI is InChI=1S/C14H17N3O4/c15-13(21)16-10-5-3-9(4-6-10)11(18)17-14(12(19)20)7-1-2-8-14/h3-6H,1-2,7-8H2,(H,17,18)(H,19,20)(H3,15,16,21). The van der Waals surface area contributed by atoms with E-state index in [1.807, 2.05) is 0 Å². The third-order valence-electron chi connectivity index (χ3n) is 3.63. The average molecular weight is 291 g/mol. The van der Waals surface area contributed by atoms with E-state index in [2.05, 4.69) is 10.6 Å². The van der Waals surface area contributed by atoms with Crippen molar-refractivity contribution in [2.24, 2.45) is 5.73 Å². The van der Waals surface area contributed by atoms with Crippen LogP contribution in [-0.2, 0) is 4.79 Å². The third-order valence-corrected chi connectivity index (χ3v) is 3.63. The van der Waals surface area contributed by atoms with Crippen molar-refractivity contribution >= 4 is 23.6 Å². The van der Waals surface area contributed by atoms with Crippen LogP contribution in [-0.4, -0.2) is 28.6 Å². The Morgan fingerprint density at radius 1 is 1.10 bits per heavy atom. The van der Waals surface area contributed by atoms with Gasteiger partial charge in [-0.05, 0) is 37.1 Å². The summed E-state index contributed by atoms with van der Waals surface area (Å²) in [6.45, 7) is 0. The molecule has 1 aromatic carbocycles. The first-order valence-electron chi connectivity index (χ1n) is 6.65. The molecule has 7 nitrogen and oxygen atoms in total. The molecule has 2 rings (SSSR count). The van der Waals surface area contributed by atoms with Gasteiger partial charge in [0, 0.05) is 11.3 Å². The van der Waals surface area contributed by atoms with Crippen LogP contribution in [0.1, 0.15) is 36.0 Å². The molecule has 0 bridgehead atoms. The zero-order chi connectivity index (χ0) is 15.5. The first-order valence-corrected chi connectivity index (χ1v) is 6.65. The number of urea groups is 1. The number of carbonyl (C=O) groups excluding carboxylic acids is 2. The summed E-state index contributed by atoms with van der Waals surface area (Å²) in [6.07, 6.45) is 2.45. The lowest BCUT2D eigenvalue weighted by atomic mass is 9.97. The Morgan fingerprint density at radius 3 is 2.14 bits per heavy atom. The fraction of sp³-hybridized carbons (Fsp3) is 0.357. The molecule has 0 spiro atoms. The molecule has 0 unspecified atom stereocenters. The molecule has 1 saturated carbocycles. The van der Waals surface area contributed by atoms with Gasteiger partial charge in [-0.15, -0.1) is 0 Å². The maximum Gasteiger partial charge on any atom is 0.329 e. The number of benzene rings is 1. The number of nitrogens with one attached hydrogen (secondary N) is 2. The highest BCUT2D eigenvalue weighted by molar-refractivity contribution is 5.98. The van der Waals surface area contributed by atoms with Gasteiger partial charge in [0.15, 0.2) is 0 Å². The van der Waals surface area contributed by atoms with Crippen molar-refractivity contribution < 1.29 is 19.5 Å². The van der Waals surface area contributed by atoms with Crippen LogP contribution >= 0.6 is 0 Å². The molecule has 1 fully saturated rings. The third kappa shape index (κ3) is 3.31. The molecule has 0 heterocycles. The molecule has 1 aliphatic rings. The molecule has 1 aromatic rings. The van der Waals surface area contributed by atoms with Crippen molar-refractivity contribution in [1.29, 1.82) is 0 Å². The number of nitrogens with two attached hydrogens (primary N) is 1. The van der Waals surface area contributed by atoms with Crippen molar-refractivity contribution in [3.05, 3.63) is 29.8 Å². The molecule has 0 aliphatic heterocycles. The number of hydrogen-bond donors (Lipinski definition) is 4. The highest BCUT2D eigenvalue weighted by Gasteiger charge is 2.42. The SMILES string of the molecule is NC(=O)Nc1ccc(C(=O)NC2(C(=O)O)CCCC2)cc1. The zero-order valence-corrected chi connectivity index (χ0v) is 11.4. The highest BCUT2D eigenvalue weighted by atomic mass is 16.4. The van der Waals surface area contributed by atoms with E-state index in [9.17, 15) is 19.5 Å². The topological polar surface area (TPSA) is 122 Å². The molecule has 0 aromatic heterocycles. The lowest BCUT2D eigenvalue weighted by Crippen LogP contribution is -2.52. The van der Waals surface area contributed by atoms with E-state index in [1.165, 1.54) is 24.3 Å². The summed E-state index contributed by atoms with van der Waals surface area (Å²) in [6, 6.07) is 5.38. The Balaban J connectivity index is 2.09. The summed E-state index contributed by atoms with van der Waals surface area (Å²) in [5.41, 5.74) is 4.62. The van der Waals surface area contributed by atoms with Gasteiger partial charge in [0.2, 0.25) is 0 Å². The van der Waals surface area contributed by atoms with Crippen LogP contribution in [0.3, 0.4) is 0 Å². The molecule has 0 atom stereocenters. The van der Waals surface area contributed by atoms with Crippen LogP contribution in [0.15, 0.2) is 24.3 Å². The summed E-state index contributed by atoms with van der Waals surface area (Å²) in [5, 5.41) is 14.3. The Bertz CT molecular complexity index is 562. The lowest BCUT2D eigenvalue weighted by molar-refractivity contribution is -0.144. The predicted molar refractivity (Wildman–Crippen MR) is 75.9 cm³/mol. The van der Waals surface area contributed by atoms with E-state index in [-0.39, 0.29) is 0 Å². The first-order chi connectivity index (χ1) is 9.93. The van der Waals surface area contributed by atoms with Crippen molar-refractivity contribution in [1.82, 2.24) is 5.32 Å². The number of rotatable bonds is 4. The minimum atomic E-state index is -1.17. The summed E-state index contributed by atoms with van der Waals surface area (Å²) in [5.74, 6) is -1.44. The van der Waals surface area contributed by atoms with Gasteiger partial charge in [0.05, 0.1) is 0 Å². The second kappa shape index (κ2) is 5.82. The Hall–Kier alpha value is -2.57. The quantitative estimate of drug-likeness (QED) is 0.668. The number of carboxylic acid groups (broad SMARTS) is 1. The zero-order valence-electron chi connectivity index (χ0n) is 11.4. The maximum absolute atomic E-state index is 12.2. The fourth-order valence-electron chi connectivity index (χ4n) is 2.51. The van der Waals surface area contributed by atoms with Crippen molar-refractivity contribution in [3.63, 3.8) is 0 Å². The number of amides is 3. The number of hydrogen-bond acceptors (Lipinski definition) is 3. The molecule has 7 heteroatoms. The van der Waals surface area contributed by atoms with E-state index >= 15 is 0 Å². The Labute approximate surface area is 121 Å². The number of anilines is 1. The maximum atomic E-state index is 12.2. The predicted octanol–water partition coefficient (Wildman–Crippen LogP) is 1.30. The van der Waals surface area contributed by atoms with Gasteiger partial charge >= 0.3 is 12.0 Å². The summed E-state index contributed by atoms with van der Waals surface area (Å²) in [7, 11) is 0. The monoisotopic (exact) mass is 291 g/mol. The van der Waals surface area contributed by atoms with Gasteiger partial charge in [-0.1, -0.05) is 12.8 Å². The second-order valence-corrected chi connectivity index (χ2v) is 5.12. The lowest BCUT2D eigenvalue weighted by Gasteiger charge is -2.25. The number of carbonyl (C=O) groups is 3. The molecular weight excluding hydrogens is 274 g/mol. The molecule has 21 heavy (non-hydrogen) atoms. The van der Waals surface area contributed by atoms with Crippen molar-refractivity contribution in [3.8, 4) is 0 Å². The highest BCUT2D eigenvalue weighted by Crippen LogP contribution is 2.30. The van der Waals surface area contributed by atoms with Crippen LogP contribution in [0.2, 0.25) is 0 Å². The van der Waals surface area contributed by atoms with Crippen LogP contribution < -0.4 is 16.4 Å². The number of carboxylic acids is 1. The van der Waals surface area contributed by atoms with E-state index in [4.69, 9.17) is 5.73 Å². The normalized spacial score (nSPS) is 16.2. The smallest absolute Gasteiger partial charge is 0.329 e. The molecule has 5 N–H and O–H groups in total. The molecule has 1 aliphatic carbocycles. The average Bonchev–Trinajstić information content (AvgIpc) is 2.88. The minimum Gasteiger partial charge on any atom is -0.480 e. The van der Waals surface area contributed by atoms with Crippen LogP contribution in [0.4, 0.5) is 10.5 Å². The van der Waals surface area contributed by atoms with Gasteiger partial charge in [0.1, 0.15) is 5.54 Å². The molecular formula is C14H17N3O4. The Morgan fingerprint density at radius 2 is 1.67 bits per heavy atom. The van der Waals surface area contributed by atoms with E-state index < -0.39 is 23.4 Å².